The number of ether oxygens (including phenoxy) is 2. The van der Waals surface area contributed by atoms with E-state index in [1.165, 1.54) is 6.07 Å². The second-order valence-corrected chi connectivity index (χ2v) is 7.96. The first-order chi connectivity index (χ1) is 12.3. The van der Waals surface area contributed by atoms with Gasteiger partial charge in [-0.25, -0.2) is 14.4 Å². The average molecular weight is 380 g/mol. The van der Waals surface area contributed by atoms with Crippen molar-refractivity contribution in [2.45, 2.75) is 65.8 Å². The average Bonchev–Trinajstić information content (AvgIpc) is 2.47. The number of nitrogens with one attached hydrogen (secondary N) is 2. The van der Waals surface area contributed by atoms with Crippen molar-refractivity contribution in [3.8, 4) is 0 Å². The third kappa shape index (κ3) is 8.44. The summed E-state index contributed by atoms with van der Waals surface area (Å²) in [6.07, 6.45) is -1.27. The molecule has 0 spiro atoms. The molecule has 0 unspecified atom stereocenters. The van der Waals surface area contributed by atoms with E-state index < -0.39 is 29.4 Å². The number of carbonyl (C=O) groups is 3. The summed E-state index contributed by atoms with van der Waals surface area (Å²) in [6, 6.07) is 4.69. The van der Waals surface area contributed by atoms with Crippen LogP contribution in [0.1, 0.15) is 63.0 Å². The van der Waals surface area contributed by atoms with Crippen molar-refractivity contribution < 1.29 is 29.0 Å². The van der Waals surface area contributed by atoms with Crippen molar-refractivity contribution in [3.63, 3.8) is 0 Å². The molecule has 1 rings (SSSR count). The van der Waals surface area contributed by atoms with Gasteiger partial charge in [0, 0.05) is 13.1 Å². The van der Waals surface area contributed by atoms with Crippen LogP contribution in [0.2, 0.25) is 0 Å². The van der Waals surface area contributed by atoms with Crippen LogP contribution >= 0.6 is 0 Å². The van der Waals surface area contributed by atoms with Gasteiger partial charge in [0.25, 0.3) is 0 Å². The van der Waals surface area contributed by atoms with Crippen LogP contribution < -0.4 is 10.6 Å². The van der Waals surface area contributed by atoms with Crippen LogP contribution in [0.5, 0.6) is 0 Å². The molecule has 0 saturated carbocycles. The maximum Gasteiger partial charge on any atom is 0.407 e. The van der Waals surface area contributed by atoms with Gasteiger partial charge < -0.3 is 25.2 Å². The second-order valence-electron chi connectivity index (χ2n) is 7.96. The maximum absolute atomic E-state index is 11.9. The highest BCUT2D eigenvalue weighted by atomic mass is 16.6. The number of aromatic carboxylic acids is 1. The number of hydrogen-bond donors (Lipinski definition) is 3. The van der Waals surface area contributed by atoms with Crippen LogP contribution in [0.4, 0.5) is 9.59 Å². The summed E-state index contributed by atoms with van der Waals surface area (Å²) in [5.74, 6) is -1.13. The third-order valence-electron chi connectivity index (χ3n) is 3.13. The fraction of sp³-hybridized carbons (Fsp3) is 0.526. The van der Waals surface area contributed by atoms with Gasteiger partial charge in [-0.1, -0.05) is 12.1 Å². The Bertz CT molecular complexity index is 701. The van der Waals surface area contributed by atoms with Crippen molar-refractivity contribution >= 4 is 18.2 Å². The summed E-state index contributed by atoms with van der Waals surface area (Å²) >= 11 is 0. The molecule has 0 heterocycles. The molecule has 0 aliphatic carbocycles. The fourth-order valence-corrected chi connectivity index (χ4v) is 2.17. The van der Waals surface area contributed by atoms with E-state index in [2.05, 4.69) is 10.6 Å². The van der Waals surface area contributed by atoms with Crippen LogP contribution in [-0.2, 0) is 22.6 Å². The topological polar surface area (TPSA) is 114 Å². The van der Waals surface area contributed by atoms with Gasteiger partial charge in [-0.15, -0.1) is 0 Å². The number of alkyl carbamates (subject to hydrolysis) is 2. The molecule has 0 fully saturated rings. The van der Waals surface area contributed by atoms with Gasteiger partial charge in [0.05, 0.1) is 5.56 Å². The van der Waals surface area contributed by atoms with Gasteiger partial charge in [0.15, 0.2) is 0 Å². The maximum atomic E-state index is 11.9. The number of rotatable bonds is 5. The molecule has 150 valence electrons. The predicted octanol–water partition coefficient (Wildman–Crippen LogP) is 3.43. The number of benzene rings is 1. The summed E-state index contributed by atoms with van der Waals surface area (Å²) in [5, 5.41) is 14.6. The number of carboxylic acid groups (broad SMARTS) is 1. The number of amides is 2. The Balaban J connectivity index is 2.92. The molecule has 0 bridgehead atoms. The Morgan fingerprint density at radius 3 is 1.81 bits per heavy atom. The third-order valence-corrected chi connectivity index (χ3v) is 3.13. The lowest BCUT2D eigenvalue weighted by Crippen LogP contribution is -2.34. The Morgan fingerprint density at radius 1 is 0.889 bits per heavy atom. The minimum atomic E-state index is -1.13. The zero-order chi connectivity index (χ0) is 20.8. The minimum absolute atomic E-state index is 0.0366. The van der Waals surface area contributed by atoms with Crippen LogP contribution in [0.15, 0.2) is 18.2 Å². The molecule has 0 atom stereocenters. The van der Waals surface area contributed by atoms with Crippen molar-refractivity contribution in [1.29, 1.82) is 0 Å². The zero-order valence-electron chi connectivity index (χ0n) is 16.6. The molecule has 8 heteroatoms. The van der Waals surface area contributed by atoms with Gasteiger partial charge in [-0.3, -0.25) is 0 Å². The molecular formula is C19H28N2O6. The van der Waals surface area contributed by atoms with Gasteiger partial charge in [0.2, 0.25) is 0 Å². The number of carboxylic acids is 1. The first-order valence-electron chi connectivity index (χ1n) is 8.56. The quantitative estimate of drug-likeness (QED) is 0.721. The molecule has 0 aliphatic heterocycles. The van der Waals surface area contributed by atoms with E-state index in [0.29, 0.717) is 11.1 Å². The Labute approximate surface area is 159 Å². The van der Waals surface area contributed by atoms with Gasteiger partial charge in [0.1, 0.15) is 11.2 Å². The second kappa shape index (κ2) is 8.75. The predicted molar refractivity (Wildman–Crippen MR) is 99.5 cm³/mol. The molecular weight excluding hydrogens is 352 g/mol. The lowest BCUT2D eigenvalue weighted by atomic mass is 10.0. The van der Waals surface area contributed by atoms with E-state index in [4.69, 9.17) is 9.47 Å². The summed E-state index contributed by atoms with van der Waals surface area (Å²) < 4.78 is 10.3. The normalized spacial score (nSPS) is 11.5. The van der Waals surface area contributed by atoms with Gasteiger partial charge >= 0.3 is 18.2 Å². The highest BCUT2D eigenvalue weighted by Gasteiger charge is 2.20. The molecule has 0 saturated heterocycles. The summed E-state index contributed by atoms with van der Waals surface area (Å²) in [4.78, 5) is 35.2. The molecule has 3 N–H and O–H groups in total. The molecule has 1 aromatic carbocycles. The Hall–Kier alpha value is -2.77. The molecule has 8 nitrogen and oxygen atoms in total. The molecule has 27 heavy (non-hydrogen) atoms. The van der Waals surface area contributed by atoms with Gasteiger partial charge in [-0.2, -0.15) is 0 Å². The van der Waals surface area contributed by atoms with E-state index in [1.54, 1.807) is 53.7 Å². The van der Waals surface area contributed by atoms with Crippen molar-refractivity contribution in [2.24, 2.45) is 0 Å². The van der Waals surface area contributed by atoms with E-state index in [0.717, 1.165) is 0 Å². The minimum Gasteiger partial charge on any atom is -0.478 e. The van der Waals surface area contributed by atoms with Crippen molar-refractivity contribution in [2.75, 3.05) is 0 Å². The van der Waals surface area contributed by atoms with E-state index in [-0.39, 0.29) is 18.7 Å². The van der Waals surface area contributed by atoms with Crippen molar-refractivity contribution in [3.05, 3.63) is 34.9 Å². The van der Waals surface area contributed by atoms with Crippen LogP contribution in [-0.4, -0.2) is 34.5 Å². The van der Waals surface area contributed by atoms with Crippen LogP contribution in [0, 0.1) is 0 Å². The summed E-state index contributed by atoms with van der Waals surface area (Å²) in [5.41, 5.74) is -0.343. The zero-order valence-corrected chi connectivity index (χ0v) is 16.6. The molecule has 2 amide bonds. The monoisotopic (exact) mass is 380 g/mol. The van der Waals surface area contributed by atoms with Crippen LogP contribution in [0.25, 0.3) is 0 Å². The Kier molecular flexibility index (Phi) is 7.21. The number of carbonyl (C=O) groups excluding carboxylic acids is 2. The lowest BCUT2D eigenvalue weighted by molar-refractivity contribution is 0.0508. The Morgan fingerprint density at radius 2 is 1.37 bits per heavy atom. The summed E-state index contributed by atoms with van der Waals surface area (Å²) in [6.45, 7) is 10.4. The SMILES string of the molecule is CC(C)(C)OC(=O)NCc1cccc(C(=O)O)c1CNC(=O)OC(C)(C)C. The van der Waals surface area contributed by atoms with E-state index in [9.17, 15) is 19.5 Å². The fourth-order valence-electron chi connectivity index (χ4n) is 2.17. The number of hydrogen-bond acceptors (Lipinski definition) is 5. The van der Waals surface area contributed by atoms with Crippen molar-refractivity contribution in [1.82, 2.24) is 10.6 Å². The highest BCUT2D eigenvalue weighted by Crippen LogP contribution is 2.16. The highest BCUT2D eigenvalue weighted by molar-refractivity contribution is 5.90. The lowest BCUT2D eigenvalue weighted by Gasteiger charge is -2.21. The largest absolute Gasteiger partial charge is 0.478 e. The van der Waals surface area contributed by atoms with Crippen LogP contribution in [0.3, 0.4) is 0 Å². The molecule has 0 aromatic heterocycles. The van der Waals surface area contributed by atoms with E-state index >= 15 is 0 Å². The van der Waals surface area contributed by atoms with Gasteiger partial charge in [-0.05, 0) is 58.7 Å². The summed E-state index contributed by atoms with van der Waals surface area (Å²) in [7, 11) is 0. The first kappa shape index (κ1) is 22.3. The molecule has 1 aromatic rings. The molecule has 0 radical (unpaired) electrons. The van der Waals surface area contributed by atoms with E-state index in [1.807, 2.05) is 0 Å². The molecule has 0 aliphatic rings. The smallest absolute Gasteiger partial charge is 0.407 e. The first-order valence-corrected chi connectivity index (χ1v) is 8.56. The standard InChI is InChI=1S/C19H28N2O6/c1-18(2,3)26-16(24)20-10-12-8-7-9-13(15(22)23)14(12)11-21-17(25)27-19(4,5)6/h7-9H,10-11H2,1-6H3,(H,20,24)(H,21,25)(H,22,23).